The van der Waals surface area contributed by atoms with Gasteiger partial charge in [0.2, 0.25) is 0 Å². The molecule has 1 heterocycles. The first kappa shape index (κ1) is 23.6. The van der Waals surface area contributed by atoms with Crippen molar-refractivity contribution in [2.75, 3.05) is 12.0 Å². The number of para-hydroxylation sites is 1. The summed E-state index contributed by atoms with van der Waals surface area (Å²) in [5.74, 6) is -0.410. The molecule has 35 heavy (non-hydrogen) atoms. The number of aliphatic carboxylic acids is 1. The molecule has 0 amide bonds. The summed E-state index contributed by atoms with van der Waals surface area (Å²) < 4.78 is 5.24. The number of hydrogen-bond acceptors (Lipinski definition) is 5. The van der Waals surface area contributed by atoms with E-state index in [1.54, 1.807) is 13.2 Å². The number of hydrogen-bond donors (Lipinski definition) is 1. The van der Waals surface area contributed by atoms with Crippen LogP contribution < -0.4 is 9.64 Å². The van der Waals surface area contributed by atoms with Gasteiger partial charge in [-0.15, -0.1) is 11.3 Å². The van der Waals surface area contributed by atoms with Gasteiger partial charge in [-0.2, -0.15) is 5.26 Å². The Bertz CT molecular complexity index is 1400. The minimum Gasteiger partial charge on any atom is -0.497 e. The second kappa shape index (κ2) is 11.0. The van der Waals surface area contributed by atoms with Crippen molar-refractivity contribution in [2.24, 2.45) is 0 Å². The molecule has 4 aromatic rings. The number of carbonyl (C=O) groups is 1. The summed E-state index contributed by atoms with van der Waals surface area (Å²) in [4.78, 5) is 14.9. The number of methoxy groups -OCH3 is 1. The summed E-state index contributed by atoms with van der Waals surface area (Å²) in [6, 6.07) is 31.6. The van der Waals surface area contributed by atoms with E-state index in [4.69, 9.17) is 15.1 Å². The fourth-order valence-corrected chi connectivity index (χ4v) is 4.40. The highest BCUT2D eigenvalue weighted by Gasteiger charge is 2.10. The summed E-state index contributed by atoms with van der Waals surface area (Å²) in [5, 5.41) is 18.1. The van der Waals surface area contributed by atoms with Crippen LogP contribution in [-0.2, 0) is 4.79 Å². The number of nitrogens with zero attached hydrogens (tertiary/aromatic N) is 2. The van der Waals surface area contributed by atoms with Crippen molar-refractivity contribution in [1.82, 2.24) is 0 Å². The van der Waals surface area contributed by atoms with E-state index in [0.717, 1.165) is 38.0 Å². The van der Waals surface area contributed by atoms with Gasteiger partial charge in [0.05, 0.1) is 7.11 Å². The van der Waals surface area contributed by atoms with Crippen molar-refractivity contribution < 1.29 is 14.6 Å². The average Bonchev–Trinajstić information content (AvgIpc) is 3.37. The molecule has 0 saturated heterocycles. The Morgan fingerprint density at radius 1 is 0.943 bits per heavy atom. The molecule has 1 N–H and O–H groups in total. The molecule has 6 heteroatoms. The predicted octanol–water partition coefficient (Wildman–Crippen LogP) is 7.22. The van der Waals surface area contributed by atoms with Crippen molar-refractivity contribution in [1.29, 1.82) is 5.26 Å². The highest BCUT2D eigenvalue weighted by atomic mass is 32.1. The zero-order valence-corrected chi connectivity index (χ0v) is 19.8. The third kappa shape index (κ3) is 5.85. The third-order valence-electron chi connectivity index (χ3n) is 5.26. The summed E-state index contributed by atoms with van der Waals surface area (Å²) >= 11 is 1.44. The monoisotopic (exact) mass is 478 g/mol. The zero-order valence-electron chi connectivity index (χ0n) is 19.0. The first-order chi connectivity index (χ1) is 17.1. The lowest BCUT2D eigenvalue weighted by atomic mass is 10.1. The van der Waals surface area contributed by atoms with E-state index in [0.29, 0.717) is 0 Å². The number of ether oxygens (including phenoxy) is 1. The minimum absolute atomic E-state index is 0.282. The van der Waals surface area contributed by atoms with Crippen LogP contribution >= 0.6 is 11.3 Å². The maximum absolute atomic E-state index is 11.1. The van der Waals surface area contributed by atoms with Crippen molar-refractivity contribution in [3.63, 3.8) is 0 Å². The smallest absolute Gasteiger partial charge is 0.346 e. The number of thiophene rings is 1. The lowest BCUT2D eigenvalue weighted by Crippen LogP contribution is -2.07. The van der Waals surface area contributed by atoms with Crippen LogP contribution in [0.3, 0.4) is 0 Å². The van der Waals surface area contributed by atoms with Gasteiger partial charge in [0.15, 0.2) is 0 Å². The van der Waals surface area contributed by atoms with Crippen LogP contribution in [0.15, 0.2) is 103 Å². The van der Waals surface area contributed by atoms with Gasteiger partial charge in [0, 0.05) is 27.3 Å². The summed E-state index contributed by atoms with van der Waals surface area (Å²) in [6.07, 6.45) is 5.48. The Kier molecular flexibility index (Phi) is 7.41. The maximum atomic E-state index is 11.1. The van der Waals surface area contributed by atoms with E-state index < -0.39 is 5.97 Å². The van der Waals surface area contributed by atoms with Gasteiger partial charge in [-0.3, -0.25) is 0 Å². The number of nitriles is 1. The molecule has 0 spiro atoms. The molecule has 0 radical (unpaired) electrons. The molecular weight excluding hydrogens is 456 g/mol. The van der Waals surface area contributed by atoms with E-state index in [1.165, 1.54) is 17.4 Å². The van der Waals surface area contributed by atoms with Gasteiger partial charge >= 0.3 is 5.97 Å². The number of rotatable bonds is 8. The molecule has 0 aliphatic carbocycles. The van der Waals surface area contributed by atoms with Crippen LogP contribution in [-0.4, -0.2) is 18.2 Å². The molecule has 0 unspecified atom stereocenters. The topological polar surface area (TPSA) is 73.6 Å². The molecule has 172 valence electrons. The van der Waals surface area contributed by atoms with Crippen LogP contribution in [0.2, 0.25) is 0 Å². The molecule has 0 atom stereocenters. The van der Waals surface area contributed by atoms with Crippen molar-refractivity contribution in [3.05, 3.63) is 113 Å². The molecule has 0 aliphatic rings. The average molecular weight is 479 g/mol. The van der Waals surface area contributed by atoms with Crippen LogP contribution in [0.4, 0.5) is 11.4 Å². The molecule has 0 saturated carbocycles. The molecular formula is C29H22N2O3S. The van der Waals surface area contributed by atoms with Crippen molar-refractivity contribution >= 4 is 40.8 Å². The summed E-state index contributed by atoms with van der Waals surface area (Å²) in [6.45, 7) is 0. The van der Waals surface area contributed by atoms with Crippen molar-refractivity contribution in [2.45, 2.75) is 0 Å². The summed E-state index contributed by atoms with van der Waals surface area (Å²) in [5.41, 5.74) is 3.82. The molecule has 3 aromatic carbocycles. The van der Waals surface area contributed by atoms with Crippen LogP contribution in [0.1, 0.15) is 10.4 Å². The summed E-state index contributed by atoms with van der Waals surface area (Å²) in [7, 11) is 1.65. The van der Waals surface area contributed by atoms with Gasteiger partial charge < -0.3 is 14.7 Å². The molecule has 4 rings (SSSR count). The second-order valence-corrected chi connectivity index (χ2v) is 8.63. The van der Waals surface area contributed by atoms with Crippen molar-refractivity contribution in [3.8, 4) is 22.3 Å². The highest BCUT2D eigenvalue weighted by molar-refractivity contribution is 7.16. The lowest BCUT2D eigenvalue weighted by Gasteiger charge is -2.21. The minimum atomic E-state index is -1.23. The highest BCUT2D eigenvalue weighted by Crippen LogP contribution is 2.33. The lowest BCUT2D eigenvalue weighted by molar-refractivity contribution is -0.132. The standard InChI is InChI=1S/C29H22N2O3S/c1-34-26-13-7-21(8-14-26)17-18-31(24-5-3-2-4-6-24)25-11-9-22(10-12-25)28-16-15-27(35-28)19-23(20-30)29(32)33/h2-19H,1H3,(H,32,33)/b18-17+,23-19-. The second-order valence-electron chi connectivity index (χ2n) is 7.52. The first-order valence-corrected chi connectivity index (χ1v) is 11.6. The normalized spacial score (nSPS) is 11.3. The Balaban J connectivity index is 1.60. The van der Waals surface area contributed by atoms with Gasteiger partial charge in [0.25, 0.3) is 0 Å². The predicted molar refractivity (Wildman–Crippen MR) is 142 cm³/mol. The number of benzene rings is 3. The van der Waals surface area contributed by atoms with Gasteiger partial charge in [-0.1, -0.05) is 42.5 Å². The van der Waals surface area contributed by atoms with Crippen LogP contribution in [0, 0.1) is 11.3 Å². The van der Waals surface area contributed by atoms with Crippen LogP contribution in [0.25, 0.3) is 22.6 Å². The van der Waals surface area contributed by atoms with E-state index in [1.807, 2.05) is 91.1 Å². The number of carboxylic acids is 1. The SMILES string of the molecule is COc1ccc(/C=C/N(c2ccccc2)c2ccc(-c3ccc(/C=C(/C#N)C(=O)O)s3)cc2)cc1. The number of anilines is 2. The Hall–Kier alpha value is -4.60. The first-order valence-electron chi connectivity index (χ1n) is 10.8. The molecule has 5 nitrogen and oxygen atoms in total. The van der Waals surface area contributed by atoms with Gasteiger partial charge in [-0.05, 0) is 71.8 Å². The molecule has 0 fully saturated rings. The van der Waals surface area contributed by atoms with Gasteiger partial charge in [0.1, 0.15) is 17.4 Å². The van der Waals surface area contributed by atoms with E-state index in [9.17, 15) is 4.79 Å². The van der Waals surface area contributed by atoms with Crippen LogP contribution in [0.5, 0.6) is 5.75 Å². The van der Waals surface area contributed by atoms with E-state index >= 15 is 0 Å². The maximum Gasteiger partial charge on any atom is 0.346 e. The number of carboxylic acid groups (broad SMARTS) is 1. The Morgan fingerprint density at radius 3 is 2.26 bits per heavy atom. The largest absolute Gasteiger partial charge is 0.497 e. The molecule has 0 aliphatic heterocycles. The molecule has 0 bridgehead atoms. The van der Waals surface area contributed by atoms with E-state index in [2.05, 4.69) is 17.0 Å². The third-order valence-corrected chi connectivity index (χ3v) is 6.34. The Morgan fingerprint density at radius 2 is 1.63 bits per heavy atom. The Labute approximate surface area is 208 Å². The fraction of sp³-hybridized carbons (Fsp3) is 0.0345. The molecule has 1 aromatic heterocycles. The van der Waals surface area contributed by atoms with Gasteiger partial charge in [-0.25, -0.2) is 4.79 Å². The van der Waals surface area contributed by atoms with E-state index in [-0.39, 0.29) is 5.57 Å². The fourth-order valence-electron chi connectivity index (χ4n) is 3.44. The quantitative estimate of drug-likeness (QED) is 0.214. The zero-order chi connectivity index (χ0) is 24.6.